The average Bonchev–Trinajstić information content (AvgIpc) is 4.15. The maximum atomic E-state index is 10.7. The van der Waals surface area contributed by atoms with Crippen molar-refractivity contribution in [1.82, 2.24) is 19.1 Å². The van der Waals surface area contributed by atoms with Crippen molar-refractivity contribution < 1.29 is 4.42 Å². The molecule has 9 aromatic carbocycles. The fourth-order valence-electron chi connectivity index (χ4n) is 10.4. The molecule has 66 heavy (non-hydrogen) atoms. The molecule has 7 heteroatoms. The van der Waals surface area contributed by atoms with Crippen LogP contribution in [0.25, 0.3) is 131 Å². The molecule has 0 saturated heterocycles. The molecule has 0 bridgehead atoms. The summed E-state index contributed by atoms with van der Waals surface area (Å²) in [6, 6.07) is 72.1. The van der Waals surface area contributed by atoms with E-state index in [0.29, 0.717) is 22.8 Å². The van der Waals surface area contributed by atoms with Crippen molar-refractivity contribution in [2.24, 2.45) is 0 Å². The molecule has 5 aromatic heterocycles. The zero-order chi connectivity index (χ0) is 43.5. The molecule has 0 fully saturated rings. The van der Waals surface area contributed by atoms with Crippen LogP contribution in [0.4, 0.5) is 0 Å². The van der Waals surface area contributed by atoms with E-state index in [-0.39, 0.29) is 0 Å². The monoisotopic (exact) mass is 859 g/mol. The van der Waals surface area contributed by atoms with Gasteiger partial charge in [0.05, 0.1) is 39.1 Å². The van der Waals surface area contributed by atoms with Crippen LogP contribution in [0, 0.1) is 11.3 Å². The van der Waals surface area contributed by atoms with Gasteiger partial charge in [-0.3, -0.25) is 0 Å². The van der Waals surface area contributed by atoms with Crippen LogP contribution in [0.3, 0.4) is 0 Å². The second-order valence-corrected chi connectivity index (χ2v) is 17.7. The maximum Gasteiger partial charge on any atom is 0.161 e. The van der Waals surface area contributed by atoms with Crippen molar-refractivity contribution in [2.75, 3.05) is 0 Å². The molecule has 0 N–H and O–H groups in total. The number of rotatable bonds is 5. The lowest BCUT2D eigenvalue weighted by atomic mass is 9.99. The number of thiophene rings is 1. The first-order chi connectivity index (χ1) is 32.7. The molecule has 14 aromatic rings. The number of furan rings is 1. The fourth-order valence-corrected chi connectivity index (χ4v) is 11.7. The number of fused-ring (bicyclic) bond motifs is 15. The summed E-state index contributed by atoms with van der Waals surface area (Å²) in [5.41, 5.74) is 12.1. The molecule has 6 nitrogen and oxygen atoms in total. The lowest BCUT2D eigenvalue weighted by molar-refractivity contribution is 0.666. The van der Waals surface area contributed by atoms with Crippen molar-refractivity contribution in [3.8, 4) is 51.3 Å². The standard InChI is InChI=1S/C59H33N5OS/c60-34-43-53(35-18-4-1-5-19-35)61-59(62-54(43)36-20-6-2-7-21-36)42-32-33-46(57-49(42)40-26-12-16-30-47(40)65-57)64-45-29-15-10-24-38(45)50-55-51(58-52(56(50)64)41-27-13-17-31-48(41)66-58)39-25-11-14-28-44(39)63(55)37-22-8-3-9-23-37/h1-33H. The molecule has 0 radical (unpaired) electrons. The van der Waals surface area contributed by atoms with Gasteiger partial charge in [0.15, 0.2) is 11.4 Å². The predicted molar refractivity (Wildman–Crippen MR) is 272 cm³/mol. The number of hydrogen-bond acceptors (Lipinski definition) is 5. The first-order valence-corrected chi connectivity index (χ1v) is 22.8. The lowest BCUT2D eigenvalue weighted by Gasteiger charge is -2.15. The molecule has 0 spiro atoms. The van der Waals surface area contributed by atoms with Gasteiger partial charge in [-0.25, -0.2) is 9.97 Å². The minimum absolute atomic E-state index is 0.428. The van der Waals surface area contributed by atoms with Gasteiger partial charge in [-0.2, -0.15) is 5.26 Å². The van der Waals surface area contributed by atoms with Crippen molar-refractivity contribution in [3.63, 3.8) is 0 Å². The van der Waals surface area contributed by atoms with Gasteiger partial charge >= 0.3 is 0 Å². The highest BCUT2D eigenvalue weighted by Gasteiger charge is 2.29. The molecule has 0 saturated carbocycles. The fraction of sp³-hybridized carbons (Fsp3) is 0. The molecule has 306 valence electrons. The minimum Gasteiger partial charge on any atom is -0.454 e. The summed E-state index contributed by atoms with van der Waals surface area (Å²) in [6.07, 6.45) is 0. The predicted octanol–water partition coefficient (Wildman–Crippen LogP) is 15.8. The van der Waals surface area contributed by atoms with Crippen LogP contribution in [-0.2, 0) is 0 Å². The zero-order valence-corrected chi connectivity index (χ0v) is 35.9. The molecule has 14 rings (SSSR count). The summed E-state index contributed by atoms with van der Waals surface area (Å²) >= 11 is 1.86. The molecule has 5 heterocycles. The quantitative estimate of drug-likeness (QED) is 0.173. The van der Waals surface area contributed by atoms with Crippen LogP contribution in [0.5, 0.6) is 0 Å². The SMILES string of the molecule is N#Cc1c(-c2ccccc2)nc(-c2ccc(-n3c4ccccc4c4c5c(c6ccccc6n5-c5ccccc5)c5sc6ccccc6c5c43)c3oc4ccccc4c23)nc1-c1ccccc1. The van der Waals surface area contributed by atoms with Crippen molar-refractivity contribution in [3.05, 3.63) is 206 Å². The Hall–Kier alpha value is -8.83. The van der Waals surface area contributed by atoms with Crippen molar-refractivity contribution in [1.29, 1.82) is 5.26 Å². The highest BCUT2D eigenvalue weighted by atomic mass is 32.1. The van der Waals surface area contributed by atoms with Gasteiger partial charge in [-0.05, 0) is 48.5 Å². The molecule has 0 atom stereocenters. The van der Waals surface area contributed by atoms with Gasteiger partial charge in [0.25, 0.3) is 0 Å². The Labute approximate surface area is 381 Å². The molecule has 0 unspecified atom stereocenters. The zero-order valence-electron chi connectivity index (χ0n) is 35.1. The second kappa shape index (κ2) is 14.1. The van der Waals surface area contributed by atoms with E-state index in [9.17, 15) is 5.26 Å². The van der Waals surface area contributed by atoms with Gasteiger partial charge in [0.1, 0.15) is 17.2 Å². The molecular weight excluding hydrogens is 827 g/mol. The van der Waals surface area contributed by atoms with Crippen LogP contribution in [0.2, 0.25) is 0 Å². The number of nitrogens with zero attached hydrogens (tertiary/aromatic N) is 5. The molecule has 0 aliphatic heterocycles. The summed E-state index contributed by atoms with van der Waals surface area (Å²) in [4.78, 5) is 10.6. The minimum atomic E-state index is 0.428. The third-order valence-electron chi connectivity index (χ3n) is 13.2. The first-order valence-electron chi connectivity index (χ1n) is 22.0. The summed E-state index contributed by atoms with van der Waals surface area (Å²) in [5.74, 6) is 0.511. The van der Waals surface area contributed by atoms with Crippen LogP contribution in [0.1, 0.15) is 5.56 Å². The number of benzene rings is 9. The third kappa shape index (κ3) is 5.10. The van der Waals surface area contributed by atoms with Gasteiger partial charge in [-0.1, -0.05) is 152 Å². The highest BCUT2D eigenvalue weighted by Crippen LogP contribution is 2.52. The number of aromatic nitrogens is 4. The summed E-state index contributed by atoms with van der Waals surface area (Å²) < 4.78 is 14.5. The van der Waals surface area contributed by atoms with E-state index in [1.807, 2.05) is 84.1 Å². The number of hydrogen-bond donors (Lipinski definition) is 0. The van der Waals surface area contributed by atoms with Crippen molar-refractivity contribution >= 4 is 97.1 Å². The number of para-hydroxylation sites is 4. The van der Waals surface area contributed by atoms with Crippen LogP contribution in [0.15, 0.2) is 205 Å². The Balaban J connectivity index is 1.16. The molecule has 0 amide bonds. The van der Waals surface area contributed by atoms with Gasteiger partial charge in [0, 0.05) is 74.9 Å². The Kier molecular flexibility index (Phi) is 7.82. The van der Waals surface area contributed by atoms with Crippen LogP contribution in [-0.4, -0.2) is 19.1 Å². The average molecular weight is 860 g/mol. The molecule has 0 aliphatic rings. The third-order valence-corrected chi connectivity index (χ3v) is 14.4. The molecule has 0 aliphatic carbocycles. The summed E-state index contributed by atoms with van der Waals surface area (Å²) in [6.45, 7) is 0. The Morgan fingerprint density at radius 3 is 1.68 bits per heavy atom. The van der Waals surface area contributed by atoms with E-state index < -0.39 is 0 Å². The van der Waals surface area contributed by atoms with Gasteiger partial charge in [0.2, 0.25) is 0 Å². The van der Waals surface area contributed by atoms with E-state index in [4.69, 9.17) is 14.4 Å². The Morgan fingerprint density at radius 1 is 0.470 bits per heavy atom. The van der Waals surface area contributed by atoms with E-state index in [1.165, 1.54) is 41.8 Å². The number of nitriles is 1. The highest BCUT2D eigenvalue weighted by molar-refractivity contribution is 7.27. The first kappa shape index (κ1) is 36.6. The maximum absolute atomic E-state index is 10.7. The smallest absolute Gasteiger partial charge is 0.161 e. The topological polar surface area (TPSA) is 72.6 Å². The van der Waals surface area contributed by atoms with E-state index >= 15 is 0 Å². The summed E-state index contributed by atoms with van der Waals surface area (Å²) in [5, 5.41) is 19.9. The normalized spacial score (nSPS) is 11.9. The lowest BCUT2D eigenvalue weighted by Crippen LogP contribution is -2.02. The van der Waals surface area contributed by atoms with Gasteiger partial charge in [-0.15, -0.1) is 11.3 Å². The summed E-state index contributed by atoms with van der Waals surface area (Å²) in [7, 11) is 0. The van der Waals surface area contributed by atoms with E-state index in [2.05, 4.69) is 143 Å². The van der Waals surface area contributed by atoms with Gasteiger partial charge < -0.3 is 13.6 Å². The van der Waals surface area contributed by atoms with Crippen LogP contribution >= 0.6 is 11.3 Å². The van der Waals surface area contributed by atoms with Crippen LogP contribution < -0.4 is 0 Å². The Bertz CT molecular complexity index is 4280. The van der Waals surface area contributed by atoms with E-state index in [0.717, 1.165) is 71.9 Å². The van der Waals surface area contributed by atoms with Crippen molar-refractivity contribution in [2.45, 2.75) is 0 Å². The van der Waals surface area contributed by atoms with E-state index in [1.54, 1.807) is 0 Å². The Morgan fingerprint density at radius 2 is 1.00 bits per heavy atom. The largest absolute Gasteiger partial charge is 0.454 e. The second-order valence-electron chi connectivity index (χ2n) is 16.7. The molecular formula is C59H33N5OS.